The van der Waals surface area contributed by atoms with Crippen molar-refractivity contribution in [2.45, 2.75) is 25.0 Å². The summed E-state index contributed by atoms with van der Waals surface area (Å²) in [5.74, 6) is 0. The largest absolute Gasteiger partial charge is 0.399 e. The molecule has 0 aliphatic carbocycles. The zero-order valence-electron chi connectivity index (χ0n) is 9.84. The molecule has 0 radical (unpaired) electrons. The summed E-state index contributed by atoms with van der Waals surface area (Å²) >= 11 is 0. The van der Waals surface area contributed by atoms with E-state index >= 15 is 0 Å². The summed E-state index contributed by atoms with van der Waals surface area (Å²) in [4.78, 5) is 0. The molecule has 3 N–H and O–H groups in total. The summed E-state index contributed by atoms with van der Waals surface area (Å²) in [5, 5.41) is 9.96. The second-order valence-corrected chi connectivity index (χ2v) is 4.33. The monoisotopic (exact) mass is 237 g/mol. The van der Waals surface area contributed by atoms with Crippen molar-refractivity contribution in [2.24, 2.45) is 0 Å². The van der Waals surface area contributed by atoms with E-state index in [9.17, 15) is 5.11 Å². The number of nitrogen functional groups attached to an aromatic ring is 1. The minimum Gasteiger partial charge on any atom is -0.399 e. The van der Waals surface area contributed by atoms with E-state index in [-0.39, 0.29) is 6.10 Å². The van der Waals surface area contributed by atoms with Crippen molar-refractivity contribution in [3.05, 3.63) is 29.8 Å². The quantitative estimate of drug-likeness (QED) is 0.779. The number of hydrogen-bond acceptors (Lipinski definition) is 4. The van der Waals surface area contributed by atoms with Crippen LogP contribution in [0.1, 0.15) is 24.5 Å². The average Bonchev–Trinajstić information content (AvgIpc) is 2.37. The number of hydrogen-bond donors (Lipinski definition) is 2. The van der Waals surface area contributed by atoms with E-state index in [2.05, 4.69) is 0 Å². The number of benzene rings is 1. The third-order valence-corrected chi connectivity index (χ3v) is 2.95. The zero-order valence-corrected chi connectivity index (χ0v) is 9.84. The maximum Gasteiger partial charge on any atom is 0.102 e. The van der Waals surface area contributed by atoms with Crippen molar-refractivity contribution in [1.82, 2.24) is 0 Å². The van der Waals surface area contributed by atoms with Crippen LogP contribution in [0.2, 0.25) is 0 Å². The van der Waals surface area contributed by atoms with Gasteiger partial charge in [-0.3, -0.25) is 0 Å². The number of aliphatic hydroxyl groups excluding tert-OH is 1. The lowest BCUT2D eigenvalue weighted by atomic mass is 10.1. The third-order valence-electron chi connectivity index (χ3n) is 2.95. The Kier molecular flexibility index (Phi) is 4.36. The number of ether oxygens (including phenoxy) is 2. The third kappa shape index (κ3) is 3.70. The molecule has 4 nitrogen and oxygen atoms in total. The fourth-order valence-electron chi connectivity index (χ4n) is 1.93. The van der Waals surface area contributed by atoms with E-state index in [0.29, 0.717) is 12.3 Å². The maximum absolute atomic E-state index is 9.96. The molecule has 1 heterocycles. The van der Waals surface area contributed by atoms with Crippen LogP contribution in [0.25, 0.3) is 0 Å². The Morgan fingerprint density at radius 1 is 1.41 bits per heavy atom. The van der Waals surface area contributed by atoms with Crippen LogP contribution in [-0.4, -0.2) is 31.0 Å². The molecule has 0 amide bonds. The first-order chi connectivity index (χ1) is 8.25. The lowest BCUT2D eigenvalue weighted by Gasteiger charge is -2.23. The molecule has 0 spiro atoms. The number of anilines is 1. The molecule has 17 heavy (non-hydrogen) atoms. The van der Waals surface area contributed by atoms with Gasteiger partial charge in [-0.15, -0.1) is 0 Å². The minimum atomic E-state index is -0.610. The Labute approximate surface area is 101 Å². The number of aliphatic hydroxyl groups is 1. The van der Waals surface area contributed by atoms with Crippen molar-refractivity contribution < 1.29 is 14.6 Å². The lowest BCUT2D eigenvalue weighted by molar-refractivity contribution is -0.0598. The molecule has 1 aromatic rings. The Morgan fingerprint density at radius 2 is 2.18 bits per heavy atom. The average molecular weight is 237 g/mol. The molecule has 4 heteroatoms. The van der Waals surface area contributed by atoms with Crippen molar-refractivity contribution in [1.29, 1.82) is 0 Å². The van der Waals surface area contributed by atoms with E-state index in [1.54, 1.807) is 12.1 Å². The van der Waals surface area contributed by atoms with Crippen LogP contribution in [-0.2, 0) is 9.47 Å². The molecule has 0 aromatic heterocycles. The van der Waals surface area contributed by atoms with Crippen LogP contribution in [0.5, 0.6) is 0 Å². The molecule has 0 saturated carbocycles. The first-order valence-corrected chi connectivity index (χ1v) is 5.98. The van der Waals surface area contributed by atoms with E-state index in [1.165, 1.54) is 0 Å². The van der Waals surface area contributed by atoms with E-state index in [0.717, 1.165) is 31.6 Å². The van der Waals surface area contributed by atoms with Crippen LogP contribution in [0.15, 0.2) is 24.3 Å². The van der Waals surface area contributed by atoms with Gasteiger partial charge < -0.3 is 20.3 Å². The summed E-state index contributed by atoms with van der Waals surface area (Å²) in [6.45, 7) is 1.81. The highest BCUT2D eigenvalue weighted by atomic mass is 16.5. The highest BCUT2D eigenvalue weighted by molar-refractivity contribution is 5.41. The molecule has 1 aromatic carbocycles. The summed E-state index contributed by atoms with van der Waals surface area (Å²) in [6.07, 6.45) is 1.41. The molecule has 1 saturated heterocycles. The first kappa shape index (κ1) is 12.4. The van der Waals surface area contributed by atoms with Crippen LogP contribution < -0.4 is 5.73 Å². The van der Waals surface area contributed by atoms with E-state index in [4.69, 9.17) is 15.2 Å². The second-order valence-electron chi connectivity index (χ2n) is 4.33. The highest BCUT2D eigenvalue weighted by Crippen LogP contribution is 2.18. The Morgan fingerprint density at radius 3 is 2.88 bits per heavy atom. The van der Waals surface area contributed by atoms with Gasteiger partial charge in [-0.05, 0) is 30.5 Å². The molecule has 1 unspecified atom stereocenters. The van der Waals surface area contributed by atoms with Gasteiger partial charge in [0.25, 0.3) is 0 Å². The summed E-state index contributed by atoms with van der Waals surface area (Å²) in [6, 6.07) is 7.27. The highest BCUT2D eigenvalue weighted by Gasteiger charge is 2.16. The predicted molar refractivity (Wildman–Crippen MR) is 65.6 cm³/mol. The Bertz CT molecular complexity index is 350. The van der Waals surface area contributed by atoms with Crippen molar-refractivity contribution in [3.63, 3.8) is 0 Å². The molecule has 94 valence electrons. The Hall–Kier alpha value is -1.10. The van der Waals surface area contributed by atoms with Gasteiger partial charge in [-0.25, -0.2) is 0 Å². The lowest BCUT2D eigenvalue weighted by Crippen LogP contribution is -2.25. The van der Waals surface area contributed by atoms with Gasteiger partial charge >= 0.3 is 0 Å². The van der Waals surface area contributed by atoms with Crippen LogP contribution in [0.3, 0.4) is 0 Å². The van der Waals surface area contributed by atoms with Gasteiger partial charge in [-0.1, -0.05) is 12.1 Å². The number of rotatable bonds is 4. The zero-order chi connectivity index (χ0) is 12.1. The van der Waals surface area contributed by atoms with Crippen molar-refractivity contribution >= 4 is 5.69 Å². The molecule has 1 aliphatic rings. The smallest absolute Gasteiger partial charge is 0.102 e. The van der Waals surface area contributed by atoms with Crippen LogP contribution in [0.4, 0.5) is 5.69 Å². The standard InChI is InChI=1S/C13H19NO3/c14-11-3-1-2-10(8-11)13(15)9-17-12-4-6-16-7-5-12/h1-3,8,12-13,15H,4-7,9,14H2. The molecule has 0 bridgehead atoms. The molecular formula is C13H19NO3. The predicted octanol–water partition coefficient (Wildman–Crippen LogP) is 1.50. The molecule has 1 fully saturated rings. The van der Waals surface area contributed by atoms with Gasteiger partial charge in [0.1, 0.15) is 6.10 Å². The van der Waals surface area contributed by atoms with E-state index < -0.39 is 6.10 Å². The second kappa shape index (κ2) is 6.00. The van der Waals surface area contributed by atoms with Gasteiger partial charge in [0, 0.05) is 18.9 Å². The van der Waals surface area contributed by atoms with E-state index in [1.807, 2.05) is 12.1 Å². The minimum absolute atomic E-state index is 0.208. The Balaban J connectivity index is 1.82. The summed E-state index contributed by atoms with van der Waals surface area (Å²) in [5.41, 5.74) is 7.13. The van der Waals surface area contributed by atoms with Gasteiger partial charge in [0.15, 0.2) is 0 Å². The van der Waals surface area contributed by atoms with Gasteiger partial charge in [-0.2, -0.15) is 0 Å². The fraction of sp³-hybridized carbons (Fsp3) is 0.538. The van der Waals surface area contributed by atoms with Crippen LogP contribution in [0, 0.1) is 0 Å². The van der Waals surface area contributed by atoms with Gasteiger partial charge in [0.05, 0.1) is 12.7 Å². The molecule has 1 atom stereocenters. The van der Waals surface area contributed by atoms with Crippen LogP contribution >= 0.6 is 0 Å². The summed E-state index contributed by atoms with van der Waals surface area (Å²) in [7, 11) is 0. The van der Waals surface area contributed by atoms with Crippen molar-refractivity contribution in [3.8, 4) is 0 Å². The SMILES string of the molecule is Nc1cccc(C(O)COC2CCOCC2)c1. The normalized spacial score (nSPS) is 19.1. The fourth-order valence-corrected chi connectivity index (χ4v) is 1.93. The first-order valence-electron chi connectivity index (χ1n) is 5.98. The number of nitrogens with two attached hydrogens (primary N) is 1. The maximum atomic E-state index is 9.96. The molecule has 1 aliphatic heterocycles. The summed E-state index contributed by atoms with van der Waals surface area (Å²) < 4.78 is 10.9. The van der Waals surface area contributed by atoms with Gasteiger partial charge in [0.2, 0.25) is 0 Å². The molecule has 2 rings (SSSR count). The van der Waals surface area contributed by atoms with Crippen molar-refractivity contribution in [2.75, 3.05) is 25.6 Å². The molecular weight excluding hydrogens is 218 g/mol. The topological polar surface area (TPSA) is 64.7 Å².